The van der Waals surface area contributed by atoms with Gasteiger partial charge in [-0.25, -0.2) is 13.6 Å². The van der Waals surface area contributed by atoms with Gasteiger partial charge in [0, 0.05) is 55.1 Å². The molecule has 4 rings (SSSR count). The minimum Gasteiger partial charge on any atom is -0.444 e. The third-order valence-corrected chi connectivity index (χ3v) is 6.92. The van der Waals surface area contributed by atoms with Crippen LogP contribution < -0.4 is 15.5 Å². The molecule has 3 heterocycles. The van der Waals surface area contributed by atoms with E-state index in [1.165, 1.54) is 12.3 Å². The smallest absolute Gasteiger partial charge is 0.407 e. The van der Waals surface area contributed by atoms with E-state index < -0.39 is 18.1 Å². The Balaban J connectivity index is 0.00000205. The van der Waals surface area contributed by atoms with E-state index in [-0.39, 0.29) is 29.6 Å². The van der Waals surface area contributed by atoms with Gasteiger partial charge in [0.05, 0.1) is 17.6 Å². The van der Waals surface area contributed by atoms with Crippen LogP contribution >= 0.6 is 0 Å². The van der Waals surface area contributed by atoms with Gasteiger partial charge in [-0.05, 0) is 64.3 Å². The van der Waals surface area contributed by atoms with Crippen molar-refractivity contribution >= 4 is 28.6 Å². The third-order valence-electron chi connectivity index (χ3n) is 6.92. The van der Waals surface area contributed by atoms with Crippen LogP contribution in [0.3, 0.4) is 0 Å². The van der Waals surface area contributed by atoms with Crippen molar-refractivity contribution in [1.29, 1.82) is 0 Å². The Morgan fingerprint density at radius 1 is 1.05 bits per heavy atom. The highest BCUT2D eigenvalue weighted by Gasteiger charge is 2.36. The summed E-state index contributed by atoms with van der Waals surface area (Å²) in [5, 5.41) is 6.72. The van der Waals surface area contributed by atoms with Gasteiger partial charge in [-0.1, -0.05) is 20.8 Å². The van der Waals surface area contributed by atoms with Crippen molar-refractivity contribution in [2.75, 3.05) is 31.1 Å². The van der Waals surface area contributed by atoms with Gasteiger partial charge in [0.15, 0.2) is 0 Å². The Kier molecular flexibility index (Phi) is 10.1. The number of piperidine rings is 1. The number of likely N-dealkylation sites (tertiary alicyclic amines) is 1. The maximum Gasteiger partial charge on any atom is 0.407 e. The number of alkyl carbamates (subject to hydrolysis) is 1. The maximum atomic E-state index is 13.5. The van der Waals surface area contributed by atoms with Gasteiger partial charge >= 0.3 is 6.09 Å². The molecule has 0 saturated carbocycles. The number of fused-ring (bicyclic) bond motifs is 1. The van der Waals surface area contributed by atoms with E-state index in [9.17, 15) is 18.4 Å². The average Bonchev–Trinajstić information content (AvgIpc) is 2.84. The number of alkyl halides is 2. The fourth-order valence-electron chi connectivity index (χ4n) is 5.17. The number of carbonyl (C=O) groups is 2. The first-order chi connectivity index (χ1) is 18.4. The maximum absolute atomic E-state index is 13.5. The van der Waals surface area contributed by atoms with Crippen LogP contribution in [0.4, 0.5) is 19.3 Å². The van der Waals surface area contributed by atoms with E-state index in [1.54, 1.807) is 12.1 Å². The Morgan fingerprint density at radius 3 is 2.38 bits per heavy atom. The van der Waals surface area contributed by atoms with Crippen LogP contribution in [-0.2, 0) is 9.53 Å². The van der Waals surface area contributed by atoms with Crippen LogP contribution in [0.25, 0.3) is 10.9 Å². The molecule has 39 heavy (non-hydrogen) atoms. The second-order valence-electron chi connectivity index (χ2n) is 11.3. The molecule has 2 aliphatic rings. The van der Waals surface area contributed by atoms with E-state index in [0.29, 0.717) is 36.5 Å². The predicted molar refractivity (Wildman–Crippen MR) is 150 cm³/mol. The molecule has 2 aliphatic heterocycles. The van der Waals surface area contributed by atoms with Gasteiger partial charge in [-0.3, -0.25) is 14.7 Å². The van der Waals surface area contributed by atoms with Gasteiger partial charge in [-0.15, -0.1) is 0 Å². The Morgan fingerprint density at radius 2 is 1.74 bits per heavy atom. The van der Waals surface area contributed by atoms with Crippen LogP contribution in [0.2, 0.25) is 0 Å². The summed E-state index contributed by atoms with van der Waals surface area (Å²) < 4.78 is 32.4. The number of anilines is 1. The number of halogens is 2. The number of rotatable bonds is 6. The number of nitrogens with one attached hydrogen (secondary N) is 2. The fraction of sp³-hybridized carbons (Fsp3) is 0.621. The lowest BCUT2D eigenvalue weighted by atomic mass is 9.94. The Bertz CT molecular complexity index is 1130. The number of aromatic nitrogens is 1. The topological polar surface area (TPSA) is 86.8 Å². The first kappa shape index (κ1) is 30.5. The number of nitrogens with zero attached hydrogens (tertiary/aromatic N) is 3. The van der Waals surface area contributed by atoms with E-state index in [0.717, 1.165) is 18.7 Å². The van der Waals surface area contributed by atoms with E-state index >= 15 is 0 Å². The molecule has 216 valence electrons. The molecule has 0 bridgehead atoms. The number of hydrogen-bond donors (Lipinski definition) is 2. The number of amides is 2. The van der Waals surface area contributed by atoms with Crippen LogP contribution in [0, 0.1) is 5.92 Å². The Labute approximate surface area is 230 Å². The number of hydrogen-bond acceptors (Lipinski definition) is 6. The largest absolute Gasteiger partial charge is 0.444 e. The first-order valence-corrected chi connectivity index (χ1v) is 13.9. The molecule has 1 aromatic carbocycles. The zero-order chi connectivity index (χ0) is 28.9. The lowest BCUT2D eigenvalue weighted by Gasteiger charge is -2.43. The molecule has 2 N–H and O–H groups in total. The molecule has 2 fully saturated rings. The highest BCUT2D eigenvalue weighted by atomic mass is 19.3. The second kappa shape index (κ2) is 12.9. The van der Waals surface area contributed by atoms with Crippen molar-refractivity contribution in [2.45, 2.75) is 85.0 Å². The third kappa shape index (κ3) is 7.77. The molecule has 0 spiro atoms. The van der Waals surface area contributed by atoms with E-state index in [4.69, 9.17) is 4.74 Å². The fourth-order valence-corrected chi connectivity index (χ4v) is 5.17. The van der Waals surface area contributed by atoms with Crippen molar-refractivity contribution in [1.82, 2.24) is 20.5 Å². The molecule has 3 unspecified atom stereocenters. The molecular formula is C29H43F2N5O3. The van der Waals surface area contributed by atoms with Crippen LogP contribution in [0.1, 0.15) is 66.9 Å². The minimum atomic E-state index is -2.60. The van der Waals surface area contributed by atoms with Crippen LogP contribution in [-0.4, -0.2) is 71.8 Å². The molecule has 2 aromatic rings. The van der Waals surface area contributed by atoms with Crippen molar-refractivity contribution in [2.24, 2.45) is 5.92 Å². The summed E-state index contributed by atoms with van der Waals surface area (Å²) in [5.41, 5.74) is 0.538. The quantitative estimate of drug-likeness (QED) is 0.522. The zero-order valence-corrected chi connectivity index (χ0v) is 24.1. The van der Waals surface area contributed by atoms with Crippen LogP contribution in [0.5, 0.6) is 0 Å². The van der Waals surface area contributed by atoms with Gasteiger partial charge in [-0.2, -0.15) is 0 Å². The summed E-state index contributed by atoms with van der Waals surface area (Å²) >= 11 is 0. The highest BCUT2D eigenvalue weighted by molar-refractivity contribution is 5.94. The van der Waals surface area contributed by atoms with Gasteiger partial charge in [0.1, 0.15) is 5.60 Å². The lowest BCUT2D eigenvalue weighted by Crippen LogP contribution is -2.65. The highest BCUT2D eigenvalue weighted by Crippen LogP contribution is 2.34. The molecular weight excluding hydrogens is 504 g/mol. The molecule has 8 nitrogen and oxygen atoms in total. The van der Waals surface area contributed by atoms with Crippen LogP contribution in [0.15, 0.2) is 30.5 Å². The summed E-state index contributed by atoms with van der Waals surface area (Å²) in [6, 6.07) is 6.32. The summed E-state index contributed by atoms with van der Waals surface area (Å²) in [6.45, 7) is 16.0. The molecule has 2 amide bonds. The standard InChI is InChI=1S/C27H37F2N5O3.C2H6/c1-16-11-18(31-25(35)17(2)33-14-19(15-33)32-26(36)37-27(3,4)5)13-34(12-16)22-9-8-21(24(28)29)23-20(22)7-6-10-30-23;1-2/h6-10,16-19,24H,11-15H2,1-5H3,(H,31,35)(H,32,36);1-2H3. The molecule has 2 saturated heterocycles. The number of carbonyl (C=O) groups excluding carboxylic acids is 2. The summed E-state index contributed by atoms with van der Waals surface area (Å²) in [7, 11) is 0. The molecule has 0 radical (unpaired) electrons. The van der Waals surface area contributed by atoms with Crippen molar-refractivity contribution in [3.8, 4) is 0 Å². The summed E-state index contributed by atoms with van der Waals surface area (Å²) in [6.07, 6.45) is -0.677. The summed E-state index contributed by atoms with van der Waals surface area (Å²) in [5.74, 6) is 0.247. The summed E-state index contributed by atoms with van der Waals surface area (Å²) in [4.78, 5) is 33.4. The normalized spacial score (nSPS) is 21.0. The minimum absolute atomic E-state index is 0.0478. The van der Waals surface area contributed by atoms with E-state index in [2.05, 4.69) is 27.4 Å². The van der Waals surface area contributed by atoms with E-state index in [1.807, 2.05) is 52.5 Å². The lowest BCUT2D eigenvalue weighted by molar-refractivity contribution is -0.128. The predicted octanol–water partition coefficient (Wildman–Crippen LogP) is 5.13. The first-order valence-electron chi connectivity index (χ1n) is 13.9. The van der Waals surface area contributed by atoms with Crippen molar-refractivity contribution < 1.29 is 23.1 Å². The van der Waals surface area contributed by atoms with Crippen molar-refractivity contribution in [3.63, 3.8) is 0 Å². The molecule has 3 atom stereocenters. The van der Waals surface area contributed by atoms with Gasteiger partial charge < -0.3 is 20.3 Å². The number of pyridine rings is 1. The number of benzene rings is 1. The van der Waals surface area contributed by atoms with Gasteiger partial charge in [0.25, 0.3) is 6.43 Å². The monoisotopic (exact) mass is 547 g/mol. The number of ether oxygens (including phenoxy) is 1. The van der Waals surface area contributed by atoms with Crippen molar-refractivity contribution in [3.05, 3.63) is 36.0 Å². The Hall–Kier alpha value is -3.01. The molecule has 1 aromatic heterocycles. The SMILES string of the molecule is CC.CC1CC(NC(=O)C(C)N2CC(NC(=O)OC(C)(C)C)C2)CN(c2ccc(C(F)F)c3ncccc23)C1. The second-order valence-corrected chi connectivity index (χ2v) is 11.3. The zero-order valence-electron chi connectivity index (χ0n) is 24.1. The van der Waals surface area contributed by atoms with Gasteiger partial charge in [0.2, 0.25) is 5.91 Å². The molecule has 10 heteroatoms. The molecule has 0 aliphatic carbocycles. The average molecular weight is 548 g/mol.